The number of nitrogen functional groups attached to an aromatic ring is 1. The van der Waals surface area contributed by atoms with Gasteiger partial charge in [-0.05, 0) is 57.0 Å². The second-order valence-corrected chi connectivity index (χ2v) is 14.8. The van der Waals surface area contributed by atoms with Gasteiger partial charge in [-0.1, -0.05) is 18.2 Å². The van der Waals surface area contributed by atoms with Gasteiger partial charge in [-0.15, -0.1) is 0 Å². The summed E-state index contributed by atoms with van der Waals surface area (Å²) in [5.41, 5.74) is 6.52. The first-order chi connectivity index (χ1) is 23.4. The number of piperazine rings is 1. The Kier molecular flexibility index (Phi) is 9.39. The summed E-state index contributed by atoms with van der Waals surface area (Å²) >= 11 is 0. The van der Waals surface area contributed by atoms with E-state index < -0.39 is 27.3 Å². The Morgan fingerprint density at radius 1 is 1.08 bits per heavy atom. The predicted octanol–water partition coefficient (Wildman–Crippen LogP) is 3.98. The van der Waals surface area contributed by atoms with E-state index in [0.717, 1.165) is 0 Å². The van der Waals surface area contributed by atoms with Crippen molar-refractivity contribution in [3.05, 3.63) is 72.3 Å². The zero-order valence-corrected chi connectivity index (χ0v) is 28.4. The van der Waals surface area contributed by atoms with Crippen molar-refractivity contribution in [1.29, 1.82) is 5.26 Å². The topological polar surface area (TPSA) is 164 Å². The van der Waals surface area contributed by atoms with Gasteiger partial charge in [0.25, 0.3) is 5.91 Å². The first-order valence-electron chi connectivity index (χ1n) is 16.0. The quantitative estimate of drug-likeness (QED) is 0.212. The highest BCUT2D eigenvalue weighted by atomic mass is 32.2. The lowest BCUT2D eigenvalue weighted by Gasteiger charge is -2.42. The van der Waals surface area contributed by atoms with E-state index in [-0.39, 0.29) is 35.2 Å². The van der Waals surface area contributed by atoms with E-state index in [1.165, 1.54) is 23.0 Å². The highest BCUT2D eigenvalue weighted by Gasteiger charge is 2.34. The van der Waals surface area contributed by atoms with E-state index in [1.54, 1.807) is 39.9 Å². The number of anilines is 1. The van der Waals surface area contributed by atoms with E-state index in [1.807, 2.05) is 32.0 Å². The van der Waals surface area contributed by atoms with Crippen LogP contribution in [0.25, 0.3) is 22.3 Å². The molecule has 2 aromatic heterocycles. The number of fused-ring (bicyclic) bond motifs is 1. The molecule has 2 N–H and O–H groups in total. The fourth-order valence-electron chi connectivity index (χ4n) is 6.51. The van der Waals surface area contributed by atoms with Crippen molar-refractivity contribution < 1.29 is 22.3 Å². The van der Waals surface area contributed by atoms with Crippen LogP contribution in [0.4, 0.5) is 10.2 Å². The number of sulfonamides is 1. The molecular formula is C34H38FN9O4S. The molecule has 2 saturated heterocycles. The molecule has 0 bridgehead atoms. The van der Waals surface area contributed by atoms with Gasteiger partial charge >= 0.3 is 0 Å². The number of hydrogen-bond acceptors (Lipinski definition) is 10. The molecule has 0 aliphatic carbocycles. The summed E-state index contributed by atoms with van der Waals surface area (Å²) in [7, 11) is -3.29. The molecule has 0 saturated carbocycles. The SMILES string of the molecule is CC(C)(C=C(C#N)C(=O)N1CCC[C@@H](n2nc(-c3ccc(Oc4ccccc4)cc3F)c3c(N)ncnc32)C1)N1CCN(S(C)(=O)=O)CC1. The maximum atomic E-state index is 15.7. The Labute approximate surface area is 284 Å². The van der Waals surface area contributed by atoms with Gasteiger partial charge in [-0.3, -0.25) is 9.69 Å². The van der Waals surface area contributed by atoms with Crippen LogP contribution in [0.15, 0.2) is 66.5 Å². The van der Waals surface area contributed by atoms with Crippen molar-refractivity contribution in [3.8, 4) is 28.8 Å². The molecule has 6 rings (SSSR count). The molecule has 4 heterocycles. The van der Waals surface area contributed by atoms with Crippen LogP contribution in [0.2, 0.25) is 0 Å². The third-order valence-electron chi connectivity index (χ3n) is 9.09. The van der Waals surface area contributed by atoms with Crippen molar-refractivity contribution in [2.75, 3.05) is 51.3 Å². The van der Waals surface area contributed by atoms with Gasteiger partial charge in [0.1, 0.15) is 46.8 Å². The second kappa shape index (κ2) is 13.5. The summed E-state index contributed by atoms with van der Waals surface area (Å²) in [5, 5.41) is 15.3. The third-order valence-corrected chi connectivity index (χ3v) is 10.4. The molecule has 2 aliphatic heterocycles. The number of aromatic nitrogens is 4. The molecule has 2 fully saturated rings. The van der Waals surface area contributed by atoms with E-state index in [0.29, 0.717) is 68.1 Å². The number of halogens is 1. The fraction of sp³-hybridized carbons (Fsp3) is 0.382. The number of ether oxygens (including phenoxy) is 1. The summed E-state index contributed by atoms with van der Waals surface area (Å²) in [4.78, 5) is 26.1. The molecule has 0 radical (unpaired) electrons. The van der Waals surface area contributed by atoms with E-state index in [2.05, 4.69) is 20.9 Å². The van der Waals surface area contributed by atoms with Gasteiger partial charge < -0.3 is 15.4 Å². The first-order valence-corrected chi connectivity index (χ1v) is 17.8. The monoisotopic (exact) mass is 687 g/mol. The first kappa shape index (κ1) is 34.0. The van der Waals surface area contributed by atoms with Crippen LogP contribution < -0.4 is 10.5 Å². The molecule has 0 unspecified atom stereocenters. The number of piperidine rings is 1. The van der Waals surface area contributed by atoms with Gasteiger partial charge in [-0.25, -0.2) is 27.5 Å². The average molecular weight is 688 g/mol. The van der Waals surface area contributed by atoms with E-state index >= 15 is 4.39 Å². The maximum absolute atomic E-state index is 15.7. The zero-order chi connectivity index (χ0) is 34.9. The van der Waals surface area contributed by atoms with Gasteiger partial charge in [0.2, 0.25) is 10.0 Å². The molecule has 1 amide bonds. The number of carbonyl (C=O) groups is 1. The minimum absolute atomic E-state index is 0.00802. The van der Waals surface area contributed by atoms with Crippen LogP contribution in [0.3, 0.4) is 0 Å². The summed E-state index contributed by atoms with van der Waals surface area (Å²) in [6, 6.07) is 15.4. The minimum atomic E-state index is -3.29. The number of nitrogens with zero attached hydrogens (tertiary/aromatic N) is 8. The number of para-hydroxylation sites is 1. The molecule has 49 heavy (non-hydrogen) atoms. The summed E-state index contributed by atoms with van der Waals surface area (Å²) in [6.45, 7) is 6.13. The van der Waals surface area contributed by atoms with E-state index in [4.69, 9.17) is 15.6 Å². The lowest BCUT2D eigenvalue weighted by molar-refractivity contribution is -0.128. The van der Waals surface area contributed by atoms with Gasteiger partial charge in [0.15, 0.2) is 5.65 Å². The maximum Gasteiger partial charge on any atom is 0.264 e. The molecule has 15 heteroatoms. The van der Waals surface area contributed by atoms with Crippen LogP contribution in [-0.2, 0) is 14.8 Å². The van der Waals surface area contributed by atoms with Crippen LogP contribution in [0.1, 0.15) is 32.7 Å². The summed E-state index contributed by atoms with van der Waals surface area (Å²) < 4.78 is 48.5. The third kappa shape index (κ3) is 7.12. The molecule has 4 aromatic rings. The summed E-state index contributed by atoms with van der Waals surface area (Å²) in [6.07, 6.45) is 5.49. The number of benzene rings is 2. The number of amides is 1. The largest absolute Gasteiger partial charge is 0.457 e. The molecule has 0 spiro atoms. The minimum Gasteiger partial charge on any atom is -0.457 e. The smallest absolute Gasteiger partial charge is 0.264 e. The predicted molar refractivity (Wildman–Crippen MR) is 182 cm³/mol. The standard InChI is InChI=1S/C34H38FN9O4S/c1-34(2,42-14-16-43(17-15-42)49(3,46)47)19-23(20-36)33(45)41-13-7-8-24(21-41)44-32-29(31(37)38-22-39-32)30(40-44)27-12-11-26(18-28(27)35)48-25-9-5-4-6-10-25/h4-6,9-12,18-19,22,24H,7-8,13-17,21H2,1-3H3,(H2,37,38,39)/t24-/m1/s1. The lowest BCUT2D eigenvalue weighted by Crippen LogP contribution is -2.55. The summed E-state index contributed by atoms with van der Waals surface area (Å²) in [5.74, 6) is 0.0772. The highest BCUT2D eigenvalue weighted by Crippen LogP contribution is 2.36. The zero-order valence-electron chi connectivity index (χ0n) is 27.6. The number of carbonyl (C=O) groups excluding carboxylic acids is 1. The van der Waals surface area contributed by atoms with Crippen molar-refractivity contribution in [2.45, 2.75) is 38.3 Å². The van der Waals surface area contributed by atoms with Gasteiger partial charge in [0, 0.05) is 56.4 Å². The highest BCUT2D eigenvalue weighted by molar-refractivity contribution is 7.88. The molecule has 1 atom stereocenters. The molecule has 256 valence electrons. The van der Waals surface area contributed by atoms with Crippen molar-refractivity contribution in [2.24, 2.45) is 0 Å². The second-order valence-electron chi connectivity index (χ2n) is 12.8. The Balaban J connectivity index is 1.24. The average Bonchev–Trinajstić information content (AvgIpc) is 3.48. The Morgan fingerprint density at radius 2 is 1.82 bits per heavy atom. The lowest BCUT2D eigenvalue weighted by atomic mass is 9.97. The number of nitriles is 1. The van der Waals surface area contributed by atoms with Crippen LogP contribution in [0, 0.1) is 17.1 Å². The van der Waals surface area contributed by atoms with Crippen LogP contribution >= 0.6 is 0 Å². The molecular weight excluding hydrogens is 649 g/mol. The number of likely N-dealkylation sites (tertiary alicyclic amines) is 1. The normalized spacial score (nSPS) is 18.4. The number of nitrogens with two attached hydrogens (primary N) is 1. The molecule has 2 aliphatic rings. The van der Waals surface area contributed by atoms with Crippen molar-refractivity contribution in [1.82, 2.24) is 33.9 Å². The van der Waals surface area contributed by atoms with Crippen LogP contribution in [-0.4, -0.2) is 99.2 Å². The Hall–Kier alpha value is -4.91. The molecule has 13 nitrogen and oxygen atoms in total. The van der Waals surface area contributed by atoms with Gasteiger partial charge in [0.05, 0.1) is 17.7 Å². The fourth-order valence-corrected chi connectivity index (χ4v) is 7.33. The van der Waals surface area contributed by atoms with Crippen molar-refractivity contribution in [3.63, 3.8) is 0 Å². The van der Waals surface area contributed by atoms with Crippen molar-refractivity contribution >= 4 is 32.8 Å². The van der Waals surface area contributed by atoms with Crippen LogP contribution in [0.5, 0.6) is 11.5 Å². The number of hydrogen-bond donors (Lipinski definition) is 1. The van der Waals surface area contributed by atoms with Gasteiger partial charge in [-0.2, -0.15) is 14.7 Å². The van der Waals surface area contributed by atoms with E-state index in [9.17, 15) is 18.5 Å². The Bertz CT molecular complexity index is 2050. The Morgan fingerprint density at radius 3 is 2.49 bits per heavy atom. The number of rotatable bonds is 8. The molecule has 2 aromatic carbocycles.